The minimum Gasteiger partial charge on any atom is -0.425 e. The first-order valence-corrected chi connectivity index (χ1v) is 18.4. The first kappa shape index (κ1) is 29.2. The van der Waals surface area contributed by atoms with Crippen molar-refractivity contribution in [3.05, 3.63) is 103 Å². The lowest BCUT2D eigenvalue weighted by Gasteiger charge is -2.58. The zero-order valence-corrected chi connectivity index (χ0v) is 27.5. The lowest BCUT2D eigenvalue weighted by Crippen LogP contribution is -2.52. The van der Waals surface area contributed by atoms with E-state index in [1.165, 1.54) is 45.8 Å². The minimum absolute atomic E-state index is 0.0113. The molecule has 2 saturated carbocycles. The predicted octanol–water partition coefficient (Wildman–Crippen LogP) is 9.36. The van der Waals surface area contributed by atoms with Crippen molar-refractivity contribution in [2.45, 2.75) is 91.2 Å². The predicted molar refractivity (Wildman–Crippen MR) is 179 cm³/mol. The summed E-state index contributed by atoms with van der Waals surface area (Å²) in [5.41, 5.74) is 6.48. The van der Waals surface area contributed by atoms with E-state index in [9.17, 15) is 14.9 Å². The molecule has 2 unspecified atom stereocenters. The van der Waals surface area contributed by atoms with Crippen LogP contribution in [-0.4, -0.2) is 11.9 Å². The molecule has 3 aromatic carbocycles. The van der Waals surface area contributed by atoms with E-state index in [0.29, 0.717) is 25.5 Å². The second kappa shape index (κ2) is 11.0. The Morgan fingerprint density at radius 2 is 1.19 bits per heavy atom. The molecule has 3 aromatic rings. The van der Waals surface area contributed by atoms with Crippen molar-refractivity contribution in [3.63, 3.8) is 0 Å². The smallest absolute Gasteiger partial charge is 0.314 e. The zero-order valence-electron chi connectivity index (χ0n) is 25.8. The van der Waals surface area contributed by atoms with Crippen molar-refractivity contribution in [2.24, 2.45) is 11.8 Å². The quantitative estimate of drug-likeness (QED) is 0.120. The van der Waals surface area contributed by atoms with Gasteiger partial charge in [-0.25, -0.2) is 10.1 Å². The van der Waals surface area contributed by atoms with E-state index in [1.807, 2.05) is 0 Å². The Balaban J connectivity index is 1.30. The van der Waals surface area contributed by atoms with Gasteiger partial charge in [-0.15, -0.1) is 0 Å². The van der Waals surface area contributed by atoms with E-state index in [4.69, 9.17) is 16.0 Å². The van der Waals surface area contributed by atoms with E-state index in [-0.39, 0.29) is 46.7 Å². The second-order valence-corrected chi connectivity index (χ2v) is 15.9. The Bertz CT molecular complexity index is 1870. The van der Waals surface area contributed by atoms with Crippen LogP contribution in [-0.2, 0) is 15.0 Å². The fourth-order valence-corrected chi connectivity index (χ4v) is 11.9. The summed E-state index contributed by atoms with van der Waals surface area (Å²) in [5, 5.41) is 9.87. The Morgan fingerprint density at radius 1 is 0.745 bits per heavy atom. The van der Waals surface area contributed by atoms with Gasteiger partial charge in [0.25, 0.3) is 5.70 Å². The number of rotatable bonds is 4. The fraction of sp³-hybridized carbons (Fsp3) is 0.385. The number of esters is 2. The third-order valence-electron chi connectivity index (χ3n) is 11.4. The van der Waals surface area contributed by atoms with E-state index in [0.717, 1.165) is 75.3 Å². The topological polar surface area (TPSA) is 80.8 Å². The Kier molecular flexibility index (Phi) is 6.86. The van der Waals surface area contributed by atoms with Crippen molar-refractivity contribution >= 4 is 35.5 Å². The molecular formula is C39H32N2O4S2. The molecule has 2 atom stereocenters. The molecule has 1 aliphatic heterocycles. The van der Waals surface area contributed by atoms with Crippen LogP contribution in [0.2, 0.25) is 0 Å². The van der Waals surface area contributed by atoms with Crippen LogP contribution in [0.3, 0.4) is 0 Å². The van der Waals surface area contributed by atoms with Crippen molar-refractivity contribution in [1.29, 1.82) is 5.26 Å². The molecule has 234 valence electrons. The number of carbonyl (C=O) groups excluding carboxylic acids is 2. The summed E-state index contributed by atoms with van der Waals surface area (Å²) in [6.07, 6.45) is 9.56. The standard InChI is InChI=1S/C39H32N2O4S2/c1-41-27(20-40)38-46-34-32(44-36(42)21-12-4-2-5-13-21)28-29(33(35(34)47-38)45-37(43)22-14-6-3-7-15-22)31-24-17-9-11-19-26(24)39(31)25-18-10-8-16-23(25)30(28)39/h8-11,16-19,21-22,30-31H,2-7,12-15H2. The van der Waals surface area contributed by atoms with E-state index < -0.39 is 0 Å². The highest BCUT2D eigenvalue weighted by Crippen LogP contribution is 2.81. The maximum Gasteiger partial charge on any atom is 0.314 e. The summed E-state index contributed by atoms with van der Waals surface area (Å²) in [4.78, 5) is 32.8. The van der Waals surface area contributed by atoms with Gasteiger partial charge in [0.05, 0.1) is 38.5 Å². The summed E-state index contributed by atoms with van der Waals surface area (Å²) in [7, 11) is 0. The number of hydrogen-bond donors (Lipinski definition) is 0. The Hall–Kier alpha value is -3.98. The molecule has 0 amide bonds. The number of allylic oxidation sites excluding steroid dienone is 1. The van der Waals surface area contributed by atoms with Gasteiger partial charge in [-0.1, -0.05) is 111 Å². The van der Waals surface area contributed by atoms with Crippen LogP contribution >= 0.6 is 23.5 Å². The molecule has 5 aliphatic carbocycles. The maximum atomic E-state index is 14.0. The largest absolute Gasteiger partial charge is 0.425 e. The van der Waals surface area contributed by atoms with Crippen LogP contribution in [0.15, 0.2) is 68.3 Å². The van der Waals surface area contributed by atoms with Crippen molar-refractivity contribution in [2.75, 3.05) is 0 Å². The molecule has 2 fully saturated rings. The summed E-state index contributed by atoms with van der Waals surface area (Å²) in [6.45, 7) is 7.71. The average Bonchev–Trinajstić information content (AvgIpc) is 3.63. The molecule has 0 aromatic heterocycles. The van der Waals surface area contributed by atoms with Crippen LogP contribution in [0.5, 0.6) is 11.5 Å². The lowest BCUT2D eigenvalue weighted by atomic mass is 9.43. The zero-order chi connectivity index (χ0) is 31.9. The lowest BCUT2D eigenvalue weighted by molar-refractivity contribution is -0.141. The molecule has 0 N–H and O–H groups in total. The molecule has 9 rings (SSSR count). The maximum absolute atomic E-state index is 14.0. The number of hydrogen-bond acceptors (Lipinski definition) is 7. The molecule has 0 bridgehead atoms. The van der Waals surface area contributed by atoms with E-state index in [1.54, 1.807) is 0 Å². The normalized spacial score (nSPS) is 24.9. The highest BCUT2D eigenvalue weighted by Gasteiger charge is 2.71. The highest BCUT2D eigenvalue weighted by molar-refractivity contribution is 8.24. The molecule has 6 nitrogen and oxygen atoms in total. The molecule has 0 radical (unpaired) electrons. The minimum atomic E-state index is -0.328. The number of ether oxygens (including phenoxy) is 2. The average molecular weight is 657 g/mol. The number of thioether (sulfide) groups is 2. The molecular weight excluding hydrogens is 625 g/mol. The number of fused-ring (bicyclic) bond motifs is 8. The highest BCUT2D eigenvalue weighted by atomic mass is 32.2. The first-order chi connectivity index (χ1) is 23.1. The van der Waals surface area contributed by atoms with Gasteiger partial charge in [-0.05, 0) is 47.9 Å². The fourth-order valence-electron chi connectivity index (χ4n) is 9.41. The van der Waals surface area contributed by atoms with Gasteiger partial charge in [0.2, 0.25) is 0 Å². The van der Waals surface area contributed by atoms with Gasteiger partial charge < -0.3 is 9.47 Å². The van der Waals surface area contributed by atoms with Gasteiger partial charge in [0, 0.05) is 28.4 Å². The Morgan fingerprint density at radius 3 is 1.62 bits per heavy atom. The first-order valence-electron chi connectivity index (χ1n) is 16.8. The third kappa shape index (κ3) is 3.98. The number of carbonyl (C=O) groups is 2. The van der Waals surface area contributed by atoms with Gasteiger partial charge >= 0.3 is 11.9 Å². The number of nitriles is 1. The summed E-state index contributed by atoms with van der Waals surface area (Å²) >= 11 is 2.60. The van der Waals surface area contributed by atoms with Crippen molar-refractivity contribution in [3.8, 4) is 17.6 Å². The molecule has 1 heterocycles. The molecule has 6 aliphatic rings. The molecule has 1 spiro atoms. The number of nitrogens with zero attached hydrogens (tertiary/aromatic N) is 2. The van der Waals surface area contributed by atoms with Crippen LogP contribution in [0, 0.1) is 29.7 Å². The van der Waals surface area contributed by atoms with E-state index in [2.05, 4.69) is 59.4 Å². The summed E-state index contributed by atoms with van der Waals surface area (Å²) in [5.74, 6) is 0.146. The monoisotopic (exact) mass is 656 g/mol. The van der Waals surface area contributed by atoms with Crippen LogP contribution in [0.4, 0.5) is 0 Å². The third-order valence-corrected chi connectivity index (χ3v) is 14.0. The van der Waals surface area contributed by atoms with Gasteiger partial charge in [0.1, 0.15) is 11.5 Å². The molecule has 8 heteroatoms. The van der Waals surface area contributed by atoms with Crippen molar-refractivity contribution < 1.29 is 19.1 Å². The summed E-state index contributed by atoms with van der Waals surface area (Å²) < 4.78 is 13.7. The molecule has 0 saturated heterocycles. The SMILES string of the molecule is [C-]#[N+]C(C#N)=C1Sc2c(OC(=O)C3CCCCC3)c3c(c(OC(=O)C4CCCCC4)c2S1)C1c2ccccc2C12c1ccccc1C32. The van der Waals surface area contributed by atoms with Gasteiger partial charge in [0.15, 0.2) is 0 Å². The molecule has 47 heavy (non-hydrogen) atoms. The van der Waals surface area contributed by atoms with Crippen molar-refractivity contribution in [1.82, 2.24) is 0 Å². The second-order valence-electron chi connectivity index (χ2n) is 13.6. The van der Waals surface area contributed by atoms with Crippen LogP contribution < -0.4 is 9.47 Å². The van der Waals surface area contributed by atoms with Crippen LogP contribution in [0.25, 0.3) is 4.85 Å². The van der Waals surface area contributed by atoms with E-state index >= 15 is 0 Å². The summed E-state index contributed by atoms with van der Waals surface area (Å²) in [6, 6.07) is 19.2. The van der Waals surface area contributed by atoms with Gasteiger partial charge in [-0.2, -0.15) is 0 Å². The van der Waals surface area contributed by atoms with Crippen LogP contribution in [0.1, 0.15) is 109 Å². The van der Waals surface area contributed by atoms with Gasteiger partial charge in [-0.3, -0.25) is 9.59 Å². The Labute approximate surface area is 282 Å². The number of benzene rings is 3.